The lowest BCUT2D eigenvalue weighted by atomic mass is 9.99. The van der Waals surface area contributed by atoms with E-state index in [1.165, 1.54) is 12.1 Å². The second-order valence-corrected chi connectivity index (χ2v) is 3.74. The highest BCUT2D eigenvalue weighted by atomic mass is 19.1. The Morgan fingerprint density at radius 3 is 2.61 bits per heavy atom. The lowest BCUT2D eigenvalue weighted by molar-refractivity contribution is -0.120. The monoisotopic (exact) mass is 246 g/mol. The van der Waals surface area contributed by atoms with Gasteiger partial charge >= 0.3 is 0 Å². The van der Waals surface area contributed by atoms with Gasteiger partial charge in [-0.2, -0.15) is 0 Å². The molecule has 0 heterocycles. The Kier molecular flexibility index (Phi) is 2.99. The van der Waals surface area contributed by atoms with Crippen LogP contribution in [0.4, 0.5) is 8.78 Å². The average Bonchev–Trinajstić information content (AvgIpc) is 2.31. The number of carbonyl (C=O) groups excluding carboxylic acids is 1. The largest absolute Gasteiger partial charge is 0.429 e. The van der Waals surface area contributed by atoms with Crippen molar-refractivity contribution < 1.29 is 18.3 Å². The van der Waals surface area contributed by atoms with E-state index in [2.05, 4.69) is 10.7 Å². The van der Waals surface area contributed by atoms with Crippen molar-refractivity contribution in [3.8, 4) is 18.1 Å². The molecule has 0 aliphatic carbocycles. The molecule has 0 bridgehead atoms. The van der Waals surface area contributed by atoms with Gasteiger partial charge in [0.1, 0.15) is 17.4 Å². The summed E-state index contributed by atoms with van der Waals surface area (Å²) in [6, 6.07) is 3.53. The predicted molar refractivity (Wildman–Crippen MR) is 63.2 cm³/mol. The fraction of sp³-hybridized carbons (Fsp3) is 0.0714. The van der Waals surface area contributed by atoms with E-state index in [1.807, 2.05) is 0 Å². The minimum atomic E-state index is -0.783. The molecule has 18 heavy (non-hydrogen) atoms. The summed E-state index contributed by atoms with van der Waals surface area (Å²) < 4.78 is 31.9. The van der Waals surface area contributed by atoms with Gasteiger partial charge in [-0.3, -0.25) is 4.79 Å². The van der Waals surface area contributed by atoms with E-state index >= 15 is 0 Å². The van der Waals surface area contributed by atoms with Crippen molar-refractivity contribution in [1.82, 2.24) is 0 Å². The van der Waals surface area contributed by atoms with E-state index < -0.39 is 11.6 Å². The Hall–Kier alpha value is -2.41. The van der Waals surface area contributed by atoms with Crippen LogP contribution < -0.4 is 4.74 Å². The van der Waals surface area contributed by atoms with Crippen LogP contribution in [0.25, 0.3) is 10.8 Å². The number of terminal acetylenes is 1. The van der Waals surface area contributed by atoms with Gasteiger partial charge in [-0.05, 0) is 24.6 Å². The third-order valence-corrected chi connectivity index (χ3v) is 2.64. The molecule has 90 valence electrons. The van der Waals surface area contributed by atoms with Crippen molar-refractivity contribution in [2.45, 2.75) is 6.92 Å². The average molecular weight is 246 g/mol. The van der Waals surface area contributed by atoms with E-state index in [0.717, 1.165) is 6.07 Å². The van der Waals surface area contributed by atoms with Crippen LogP contribution >= 0.6 is 0 Å². The van der Waals surface area contributed by atoms with Crippen LogP contribution in [0.5, 0.6) is 5.75 Å². The molecule has 0 aliphatic heterocycles. The van der Waals surface area contributed by atoms with Crippen molar-refractivity contribution in [3.05, 3.63) is 41.0 Å². The van der Waals surface area contributed by atoms with Gasteiger partial charge in [0.25, 0.3) is 6.47 Å². The quantitative estimate of drug-likeness (QED) is 0.601. The standard InChI is InChI=1S/C14H8F2O2/c1-3-10-12(15)6-13(16)11-5-9(18-7-17)4-8(2)14(10)11/h1,4-7H,2H3. The van der Waals surface area contributed by atoms with E-state index in [-0.39, 0.29) is 23.2 Å². The first-order valence-electron chi connectivity index (χ1n) is 5.07. The van der Waals surface area contributed by atoms with Crippen LogP contribution in [0.3, 0.4) is 0 Å². The van der Waals surface area contributed by atoms with Gasteiger partial charge in [-0.15, -0.1) is 6.42 Å². The number of hydrogen-bond acceptors (Lipinski definition) is 2. The van der Waals surface area contributed by atoms with Gasteiger partial charge in [-0.1, -0.05) is 5.92 Å². The molecule has 0 spiro atoms. The molecule has 0 aliphatic rings. The van der Waals surface area contributed by atoms with Crippen LogP contribution in [0.15, 0.2) is 18.2 Å². The molecule has 4 heteroatoms. The first-order chi connectivity index (χ1) is 8.58. The molecule has 0 amide bonds. The molecule has 0 N–H and O–H groups in total. The minimum absolute atomic E-state index is 0.00144. The van der Waals surface area contributed by atoms with Gasteiger partial charge in [-0.25, -0.2) is 8.78 Å². The third kappa shape index (κ3) is 1.80. The zero-order valence-electron chi connectivity index (χ0n) is 9.46. The first-order valence-corrected chi connectivity index (χ1v) is 5.07. The highest BCUT2D eigenvalue weighted by Crippen LogP contribution is 2.31. The van der Waals surface area contributed by atoms with Crippen molar-refractivity contribution >= 4 is 17.2 Å². The second-order valence-electron chi connectivity index (χ2n) is 3.74. The van der Waals surface area contributed by atoms with Crippen LogP contribution in [0.1, 0.15) is 11.1 Å². The molecular weight excluding hydrogens is 238 g/mol. The van der Waals surface area contributed by atoms with E-state index in [1.54, 1.807) is 6.92 Å². The molecule has 0 radical (unpaired) electrons. The SMILES string of the molecule is C#Cc1c(F)cc(F)c2cc(OC=O)cc(C)c12. The summed E-state index contributed by atoms with van der Waals surface area (Å²) in [7, 11) is 0. The minimum Gasteiger partial charge on any atom is -0.429 e. The molecule has 0 fully saturated rings. The highest BCUT2D eigenvalue weighted by molar-refractivity contribution is 5.93. The topological polar surface area (TPSA) is 26.3 Å². The molecule has 2 rings (SSSR count). The van der Waals surface area contributed by atoms with Gasteiger partial charge in [0.2, 0.25) is 0 Å². The Morgan fingerprint density at radius 2 is 2.00 bits per heavy atom. The highest BCUT2D eigenvalue weighted by Gasteiger charge is 2.14. The number of rotatable bonds is 2. The van der Waals surface area contributed by atoms with Crippen LogP contribution in [0.2, 0.25) is 0 Å². The summed E-state index contributed by atoms with van der Waals surface area (Å²) in [6.07, 6.45) is 5.23. The van der Waals surface area contributed by atoms with Crippen molar-refractivity contribution in [2.75, 3.05) is 0 Å². The molecule has 2 aromatic rings. The first kappa shape index (κ1) is 12.1. The van der Waals surface area contributed by atoms with E-state index in [9.17, 15) is 13.6 Å². The van der Waals surface area contributed by atoms with Crippen LogP contribution in [-0.4, -0.2) is 6.47 Å². The number of ether oxygens (including phenoxy) is 1. The van der Waals surface area contributed by atoms with Crippen LogP contribution in [-0.2, 0) is 4.79 Å². The normalized spacial score (nSPS) is 10.1. The Labute approximate surface area is 102 Å². The number of halogens is 2. The van der Waals surface area contributed by atoms with Crippen molar-refractivity contribution in [2.24, 2.45) is 0 Å². The summed E-state index contributed by atoms with van der Waals surface area (Å²) >= 11 is 0. The summed E-state index contributed by atoms with van der Waals surface area (Å²) in [5.41, 5.74) is 0.539. The molecule has 2 aromatic carbocycles. The maximum absolute atomic E-state index is 13.7. The van der Waals surface area contributed by atoms with E-state index in [0.29, 0.717) is 10.9 Å². The number of carbonyl (C=O) groups is 1. The zero-order valence-corrected chi connectivity index (χ0v) is 9.46. The van der Waals surface area contributed by atoms with Crippen molar-refractivity contribution in [3.63, 3.8) is 0 Å². The summed E-state index contributed by atoms with van der Waals surface area (Å²) in [5.74, 6) is 0.858. The van der Waals surface area contributed by atoms with Gasteiger partial charge in [0.05, 0.1) is 5.56 Å². The molecule has 0 saturated carbocycles. The molecular formula is C14H8F2O2. The zero-order chi connectivity index (χ0) is 13.3. The van der Waals surface area contributed by atoms with Gasteiger partial charge in [0.15, 0.2) is 0 Å². The second kappa shape index (κ2) is 4.46. The molecule has 0 unspecified atom stereocenters. The Balaban J connectivity index is 2.91. The lowest BCUT2D eigenvalue weighted by Gasteiger charge is -2.09. The van der Waals surface area contributed by atoms with Crippen LogP contribution in [0, 0.1) is 30.9 Å². The fourth-order valence-corrected chi connectivity index (χ4v) is 1.92. The van der Waals surface area contributed by atoms with E-state index in [4.69, 9.17) is 6.42 Å². The smallest absolute Gasteiger partial charge is 0.298 e. The van der Waals surface area contributed by atoms with Gasteiger partial charge < -0.3 is 4.74 Å². The Morgan fingerprint density at radius 1 is 1.28 bits per heavy atom. The lowest BCUT2D eigenvalue weighted by Crippen LogP contribution is -1.96. The van der Waals surface area contributed by atoms with Crippen molar-refractivity contribution in [1.29, 1.82) is 0 Å². The summed E-state index contributed by atoms with van der Waals surface area (Å²) in [6.45, 7) is 1.88. The molecule has 0 saturated heterocycles. The molecule has 2 nitrogen and oxygen atoms in total. The van der Waals surface area contributed by atoms with Gasteiger partial charge in [0, 0.05) is 16.8 Å². The summed E-state index contributed by atoms with van der Waals surface area (Å²) in [5, 5.41) is 0.439. The number of hydrogen-bond donors (Lipinski definition) is 0. The maximum atomic E-state index is 13.7. The number of aryl methyl sites for hydroxylation is 1. The third-order valence-electron chi connectivity index (χ3n) is 2.64. The molecule has 0 aromatic heterocycles. The number of fused-ring (bicyclic) bond motifs is 1. The Bertz CT molecular complexity index is 684. The molecule has 0 atom stereocenters. The maximum Gasteiger partial charge on any atom is 0.298 e. The number of benzene rings is 2. The summed E-state index contributed by atoms with van der Waals surface area (Å²) in [4.78, 5) is 10.3. The predicted octanol–water partition coefficient (Wildman–Crippen LogP) is 2.94. The fourth-order valence-electron chi connectivity index (χ4n) is 1.92.